The first kappa shape index (κ1) is 21.3. The van der Waals surface area contributed by atoms with Crippen molar-refractivity contribution in [3.05, 3.63) is 93.1 Å². The molecule has 1 aliphatic rings. The van der Waals surface area contributed by atoms with Gasteiger partial charge in [0.1, 0.15) is 11.3 Å². The molecule has 0 atom stereocenters. The van der Waals surface area contributed by atoms with E-state index < -0.39 is 21.1 Å². The number of aromatic hydroxyl groups is 1. The van der Waals surface area contributed by atoms with Gasteiger partial charge in [-0.1, -0.05) is 42.5 Å². The second kappa shape index (κ2) is 8.09. The van der Waals surface area contributed by atoms with Gasteiger partial charge in [0.2, 0.25) is 0 Å². The van der Waals surface area contributed by atoms with Gasteiger partial charge in [-0.15, -0.1) is 11.3 Å². The molecule has 1 N–H and O–H groups in total. The molecule has 0 aliphatic carbocycles. The van der Waals surface area contributed by atoms with Crippen LogP contribution in [0.4, 0.5) is 5.69 Å². The number of aliphatic imine (C=N–C) groups is 1. The van der Waals surface area contributed by atoms with Gasteiger partial charge in [-0.3, -0.25) is 9.79 Å². The molecule has 166 valence electrons. The molecule has 1 aliphatic heterocycles. The minimum absolute atomic E-state index is 0.00920. The van der Waals surface area contributed by atoms with Gasteiger partial charge in [-0.25, -0.2) is 13.1 Å². The molecule has 0 spiro atoms. The van der Waals surface area contributed by atoms with Crippen molar-refractivity contribution in [2.75, 3.05) is 5.75 Å². The molecular weight excluding hydrogens is 458 g/mol. The zero-order valence-electron chi connectivity index (χ0n) is 17.6. The van der Waals surface area contributed by atoms with Crippen LogP contribution >= 0.6 is 11.3 Å². The summed E-state index contributed by atoms with van der Waals surface area (Å²) in [7, 11) is -3.73. The molecule has 0 radical (unpaired) electrons. The Bertz CT molecular complexity index is 1570. The van der Waals surface area contributed by atoms with E-state index >= 15 is 0 Å². The zero-order chi connectivity index (χ0) is 23.2. The number of aryl methyl sites for hydroxylation is 1. The molecule has 4 aromatic rings. The number of hydrogen-bond acceptors (Lipinski definition) is 7. The molecule has 2 aromatic carbocycles. The van der Waals surface area contributed by atoms with Crippen LogP contribution in [0.5, 0.6) is 5.75 Å². The lowest BCUT2D eigenvalue weighted by atomic mass is 10.1. The fourth-order valence-electron chi connectivity index (χ4n) is 3.79. The quantitative estimate of drug-likeness (QED) is 0.480. The van der Waals surface area contributed by atoms with Crippen molar-refractivity contribution in [3.63, 3.8) is 0 Å². The molecule has 33 heavy (non-hydrogen) atoms. The average molecular weight is 478 g/mol. The summed E-state index contributed by atoms with van der Waals surface area (Å²) in [6.45, 7) is 2.10. The highest BCUT2D eigenvalue weighted by Crippen LogP contribution is 2.36. The van der Waals surface area contributed by atoms with Gasteiger partial charge in [0.25, 0.3) is 5.56 Å². The van der Waals surface area contributed by atoms with E-state index in [1.807, 2.05) is 49.4 Å². The molecule has 0 saturated heterocycles. The van der Waals surface area contributed by atoms with Gasteiger partial charge >= 0.3 is 0 Å². The van der Waals surface area contributed by atoms with Crippen LogP contribution in [0.3, 0.4) is 0 Å². The second-order valence-corrected chi connectivity index (χ2v) is 11.0. The average Bonchev–Trinajstić information content (AvgIpc) is 3.22. The van der Waals surface area contributed by atoms with Crippen molar-refractivity contribution in [1.82, 2.24) is 9.78 Å². The lowest BCUT2D eigenvalue weighted by Crippen LogP contribution is -2.33. The molecule has 0 amide bonds. The fourth-order valence-corrected chi connectivity index (χ4v) is 6.09. The van der Waals surface area contributed by atoms with Gasteiger partial charge in [0, 0.05) is 4.88 Å². The van der Waals surface area contributed by atoms with E-state index in [0.717, 1.165) is 10.4 Å². The van der Waals surface area contributed by atoms with E-state index in [0.29, 0.717) is 4.88 Å². The number of benzene rings is 2. The van der Waals surface area contributed by atoms with E-state index in [1.165, 1.54) is 22.1 Å². The lowest BCUT2D eigenvalue weighted by molar-refractivity contribution is 0.464. The van der Waals surface area contributed by atoms with Gasteiger partial charge in [-0.05, 0) is 36.8 Å². The Labute approximate surface area is 194 Å². The van der Waals surface area contributed by atoms with Crippen LogP contribution in [0.25, 0.3) is 10.6 Å². The number of sulfone groups is 1. The Morgan fingerprint density at radius 2 is 1.76 bits per heavy atom. The predicted octanol–water partition coefficient (Wildman–Crippen LogP) is 3.94. The number of para-hydroxylation sites is 1. The normalized spacial score (nSPS) is 14.5. The smallest absolute Gasteiger partial charge is 0.280 e. The lowest BCUT2D eigenvalue weighted by Gasteiger charge is -2.18. The Morgan fingerprint density at radius 3 is 2.48 bits per heavy atom. The molecule has 0 saturated carbocycles. The summed E-state index contributed by atoms with van der Waals surface area (Å²) in [5, 5.41) is 15.6. The first-order valence-corrected chi connectivity index (χ1v) is 12.6. The van der Waals surface area contributed by atoms with Crippen LogP contribution in [0, 0.1) is 6.92 Å². The Balaban J connectivity index is 1.76. The number of aromatic nitrogens is 2. The number of thiophene rings is 1. The Hall–Kier alpha value is -3.56. The second-order valence-electron chi connectivity index (χ2n) is 7.72. The van der Waals surface area contributed by atoms with E-state index in [9.17, 15) is 18.3 Å². The number of hydrogen-bond donors (Lipinski definition) is 1. The van der Waals surface area contributed by atoms with Crippen molar-refractivity contribution < 1.29 is 13.5 Å². The minimum Gasteiger partial charge on any atom is -0.505 e. The molecule has 2 aromatic heterocycles. The minimum atomic E-state index is -3.73. The van der Waals surface area contributed by atoms with Crippen LogP contribution in [-0.2, 0) is 16.4 Å². The van der Waals surface area contributed by atoms with Crippen LogP contribution in [0.2, 0.25) is 0 Å². The first-order valence-electron chi connectivity index (χ1n) is 10.2. The van der Waals surface area contributed by atoms with Crippen molar-refractivity contribution in [3.8, 4) is 16.3 Å². The maximum atomic E-state index is 13.5. The third-order valence-corrected chi connectivity index (χ3v) is 8.03. The summed E-state index contributed by atoms with van der Waals surface area (Å²) in [6, 6.07) is 19.4. The maximum absolute atomic E-state index is 13.5. The van der Waals surface area contributed by atoms with Crippen LogP contribution in [0.15, 0.2) is 81.4 Å². The van der Waals surface area contributed by atoms with Crippen LogP contribution in [0.1, 0.15) is 16.0 Å². The van der Waals surface area contributed by atoms with Gasteiger partial charge in [0.05, 0.1) is 33.5 Å². The van der Waals surface area contributed by atoms with Gasteiger partial charge < -0.3 is 5.11 Å². The molecule has 9 heteroatoms. The number of fused-ring (bicyclic) bond motifs is 1. The summed E-state index contributed by atoms with van der Waals surface area (Å²) < 4.78 is 27.1. The molecule has 3 heterocycles. The monoisotopic (exact) mass is 477 g/mol. The molecule has 5 rings (SSSR count). The van der Waals surface area contributed by atoms with E-state index in [-0.39, 0.29) is 39.8 Å². The first-order chi connectivity index (χ1) is 15.8. The largest absolute Gasteiger partial charge is 0.505 e. The fraction of sp³-hybridized carbons (Fsp3) is 0.125. The topological polar surface area (TPSA) is 102 Å². The molecule has 0 unspecified atom stereocenters. The highest BCUT2D eigenvalue weighted by Gasteiger charge is 2.31. The molecule has 7 nitrogen and oxygen atoms in total. The number of rotatable bonds is 4. The van der Waals surface area contributed by atoms with E-state index in [2.05, 4.69) is 10.1 Å². The van der Waals surface area contributed by atoms with Crippen molar-refractivity contribution in [2.45, 2.75) is 18.4 Å². The SMILES string of the molecule is Cc1ccc(-c2nn(Cc3ccccc3)c(=O)c(C3=Nc4ccccc4S(=O)(=O)C3)c2O)s1. The Kier molecular flexibility index (Phi) is 5.22. The highest BCUT2D eigenvalue weighted by atomic mass is 32.2. The number of nitrogens with zero attached hydrogens (tertiary/aromatic N) is 3. The summed E-state index contributed by atoms with van der Waals surface area (Å²) in [6.07, 6.45) is 0. The predicted molar refractivity (Wildman–Crippen MR) is 128 cm³/mol. The highest BCUT2D eigenvalue weighted by molar-refractivity contribution is 7.92. The third kappa shape index (κ3) is 3.90. The summed E-state index contributed by atoms with van der Waals surface area (Å²) in [5.41, 5.74) is 0.590. The zero-order valence-corrected chi connectivity index (χ0v) is 19.2. The van der Waals surface area contributed by atoms with E-state index in [1.54, 1.807) is 18.2 Å². The van der Waals surface area contributed by atoms with Crippen molar-refractivity contribution >= 4 is 32.6 Å². The van der Waals surface area contributed by atoms with Crippen molar-refractivity contribution in [1.29, 1.82) is 0 Å². The van der Waals surface area contributed by atoms with Crippen molar-refractivity contribution in [2.24, 2.45) is 4.99 Å². The summed E-state index contributed by atoms with van der Waals surface area (Å²) in [4.78, 5) is 19.7. The standard InChI is InChI=1S/C24H19N3O4S2/c1-15-11-12-19(32-15)22-23(28)21(24(29)27(26-22)13-16-7-3-2-4-8-16)18-14-33(30,31)20-10-6-5-9-17(20)25-18/h2-12,28H,13-14H2,1H3. The Morgan fingerprint density at radius 1 is 1.03 bits per heavy atom. The van der Waals surface area contributed by atoms with Crippen LogP contribution < -0.4 is 5.56 Å². The maximum Gasteiger partial charge on any atom is 0.280 e. The molecule has 0 fully saturated rings. The van der Waals surface area contributed by atoms with Gasteiger partial charge in [0.15, 0.2) is 15.6 Å². The third-order valence-electron chi connectivity index (χ3n) is 5.35. The summed E-state index contributed by atoms with van der Waals surface area (Å²) >= 11 is 1.42. The van der Waals surface area contributed by atoms with Gasteiger partial charge in [-0.2, -0.15) is 5.10 Å². The van der Waals surface area contributed by atoms with E-state index in [4.69, 9.17) is 0 Å². The molecule has 0 bridgehead atoms. The van der Waals surface area contributed by atoms with Crippen LogP contribution in [-0.4, -0.2) is 34.8 Å². The summed E-state index contributed by atoms with van der Waals surface area (Å²) in [5.74, 6) is -0.843. The molecular formula is C24H19N3O4S2.